The predicted octanol–water partition coefficient (Wildman–Crippen LogP) is 3.48. The topological polar surface area (TPSA) is 44.1 Å². The lowest BCUT2D eigenvalue weighted by Crippen LogP contribution is -2.09. The summed E-state index contributed by atoms with van der Waals surface area (Å²) in [5.74, 6) is 0.492. The maximum atomic E-state index is 13.9. The predicted molar refractivity (Wildman–Crippen MR) is 88.9 cm³/mol. The normalized spacial score (nSPS) is 10.6. The van der Waals surface area contributed by atoms with Gasteiger partial charge in [-0.2, -0.15) is 5.10 Å². The van der Waals surface area contributed by atoms with Crippen LogP contribution in [0, 0.1) is 5.82 Å². The molecule has 3 rings (SSSR count). The van der Waals surface area contributed by atoms with Crippen LogP contribution in [0.5, 0.6) is 5.75 Å². The van der Waals surface area contributed by atoms with Crippen molar-refractivity contribution in [1.29, 1.82) is 0 Å². The van der Waals surface area contributed by atoms with Crippen molar-refractivity contribution < 1.29 is 13.9 Å². The Morgan fingerprint density at radius 3 is 2.58 bits per heavy atom. The van der Waals surface area contributed by atoms with Gasteiger partial charge in [0.15, 0.2) is 6.29 Å². The van der Waals surface area contributed by atoms with E-state index in [0.717, 1.165) is 17.6 Å². The Hall–Kier alpha value is -2.95. The number of rotatable bonds is 6. The van der Waals surface area contributed by atoms with Crippen LogP contribution in [0.3, 0.4) is 0 Å². The number of hydrogen-bond donors (Lipinski definition) is 0. The molecule has 0 bridgehead atoms. The van der Waals surface area contributed by atoms with Crippen LogP contribution in [-0.2, 0) is 13.0 Å². The number of aldehydes is 1. The van der Waals surface area contributed by atoms with Gasteiger partial charge in [0.25, 0.3) is 0 Å². The van der Waals surface area contributed by atoms with Crippen molar-refractivity contribution in [3.63, 3.8) is 0 Å². The van der Waals surface area contributed by atoms with Crippen LogP contribution in [0.2, 0.25) is 0 Å². The van der Waals surface area contributed by atoms with Gasteiger partial charge in [0.1, 0.15) is 11.6 Å². The molecule has 0 N–H and O–H groups in total. The van der Waals surface area contributed by atoms with Crippen LogP contribution in [0.4, 0.5) is 4.39 Å². The number of halogens is 1. The van der Waals surface area contributed by atoms with Gasteiger partial charge in [-0.25, -0.2) is 4.39 Å². The summed E-state index contributed by atoms with van der Waals surface area (Å²) in [6.07, 6.45) is 2.59. The molecular formula is C19H17FN2O2. The molecule has 0 aliphatic carbocycles. The Bertz CT molecular complexity index is 841. The van der Waals surface area contributed by atoms with E-state index in [1.807, 2.05) is 24.3 Å². The Kier molecular flexibility index (Phi) is 4.70. The van der Waals surface area contributed by atoms with Crippen molar-refractivity contribution in [2.24, 2.45) is 0 Å². The lowest BCUT2D eigenvalue weighted by molar-refractivity contribution is 0.112. The van der Waals surface area contributed by atoms with Gasteiger partial charge in [0.2, 0.25) is 0 Å². The van der Waals surface area contributed by atoms with Crippen molar-refractivity contribution in [1.82, 2.24) is 9.78 Å². The zero-order chi connectivity index (χ0) is 16.9. The van der Waals surface area contributed by atoms with Gasteiger partial charge < -0.3 is 4.74 Å². The minimum Gasteiger partial charge on any atom is -0.497 e. The lowest BCUT2D eigenvalue weighted by Gasteiger charge is -2.10. The Balaban J connectivity index is 1.89. The molecule has 0 radical (unpaired) electrons. The third kappa shape index (κ3) is 3.35. The highest BCUT2D eigenvalue weighted by Crippen LogP contribution is 2.18. The van der Waals surface area contributed by atoms with Crippen molar-refractivity contribution in [2.45, 2.75) is 13.0 Å². The number of aromatic nitrogens is 2. The van der Waals surface area contributed by atoms with E-state index in [2.05, 4.69) is 5.10 Å². The number of carbonyl (C=O) groups excluding carboxylic acids is 1. The number of methoxy groups -OCH3 is 1. The van der Waals surface area contributed by atoms with Gasteiger partial charge in [-0.3, -0.25) is 9.48 Å². The van der Waals surface area contributed by atoms with Crippen molar-refractivity contribution in [2.75, 3.05) is 7.11 Å². The summed E-state index contributed by atoms with van der Waals surface area (Å²) in [5.41, 5.74) is 2.74. The monoisotopic (exact) mass is 324 g/mol. The van der Waals surface area contributed by atoms with E-state index >= 15 is 0 Å². The van der Waals surface area contributed by atoms with Gasteiger partial charge >= 0.3 is 0 Å². The maximum absolute atomic E-state index is 13.9. The molecule has 0 unspecified atom stereocenters. The lowest BCUT2D eigenvalue weighted by atomic mass is 10.1. The van der Waals surface area contributed by atoms with E-state index in [1.54, 1.807) is 30.0 Å². The van der Waals surface area contributed by atoms with Crippen LogP contribution in [0.25, 0.3) is 0 Å². The molecule has 0 spiro atoms. The second-order valence-corrected chi connectivity index (χ2v) is 5.44. The van der Waals surface area contributed by atoms with Crippen LogP contribution < -0.4 is 4.74 Å². The third-order valence-corrected chi connectivity index (χ3v) is 3.92. The minimum atomic E-state index is -0.286. The Morgan fingerprint density at radius 1 is 1.17 bits per heavy atom. The molecule has 0 saturated heterocycles. The first-order valence-corrected chi connectivity index (χ1v) is 7.57. The second-order valence-electron chi connectivity index (χ2n) is 5.44. The fraction of sp³-hybridized carbons (Fsp3) is 0.158. The molecule has 1 aromatic heterocycles. The zero-order valence-corrected chi connectivity index (χ0v) is 13.3. The highest BCUT2D eigenvalue weighted by molar-refractivity contribution is 5.76. The second kappa shape index (κ2) is 7.08. The van der Waals surface area contributed by atoms with Gasteiger partial charge in [-0.1, -0.05) is 30.3 Å². The number of ether oxygens (including phenoxy) is 1. The first-order valence-electron chi connectivity index (χ1n) is 7.57. The Morgan fingerprint density at radius 2 is 1.92 bits per heavy atom. The van der Waals surface area contributed by atoms with Crippen molar-refractivity contribution in [3.05, 3.63) is 82.9 Å². The molecule has 24 heavy (non-hydrogen) atoms. The molecule has 2 aromatic carbocycles. The molecule has 0 aliphatic rings. The quantitative estimate of drug-likeness (QED) is 0.652. The summed E-state index contributed by atoms with van der Waals surface area (Å²) in [5, 5.41) is 4.28. The van der Waals surface area contributed by atoms with Gasteiger partial charge in [0.05, 0.1) is 31.1 Å². The molecule has 1 heterocycles. The van der Waals surface area contributed by atoms with Crippen molar-refractivity contribution in [3.8, 4) is 5.75 Å². The summed E-state index contributed by atoms with van der Waals surface area (Å²) < 4.78 is 20.8. The van der Waals surface area contributed by atoms with Crippen LogP contribution in [0.15, 0.2) is 54.7 Å². The smallest absolute Gasteiger partial charge is 0.153 e. The highest BCUT2D eigenvalue weighted by Gasteiger charge is 2.13. The molecule has 0 aliphatic heterocycles. The number of hydrogen-bond acceptors (Lipinski definition) is 3. The summed E-state index contributed by atoms with van der Waals surface area (Å²) in [7, 11) is 1.62. The molecule has 3 aromatic rings. The van der Waals surface area contributed by atoms with E-state index in [-0.39, 0.29) is 5.82 Å². The molecule has 0 amide bonds. The number of benzene rings is 2. The van der Waals surface area contributed by atoms with E-state index in [9.17, 15) is 9.18 Å². The van der Waals surface area contributed by atoms with E-state index in [1.165, 1.54) is 12.3 Å². The first kappa shape index (κ1) is 15.9. The average molecular weight is 324 g/mol. The summed E-state index contributed by atoms with van der Waals surface area (Å²) in [6.45, 7) is 0.502. The minimum absolute atomic E-state index is 0.286. The summed E-state index contributed by atoms with van der Waals surface area (Å²) in [6, 6.07) is 14.2. The largest absolute Gasteiger partial charge is 0.497 e. The summed E-state index contributed by atoms with van der Waals surface area (Å²) in [4.78, 5) is 11.3. The summed E-state index contributed by atoms with van der Waals surface area (Å²) >= 11 is 0. The number of carbonyl (C=O) groups is 1. The third-order valence-electron chi connectivity index (χ3n) is 3.92. The molecule has 5 heteroatoms. The standard InChI is InChI=1S/C19H17FN2O2/c1-24-17-8-6-14(7-9-17)12-22-19(16(13-23)11-21-22)10-15-4-2-3-5-18(15)20/h2-9,11,13H,10,12H2,1H3. The first-order chi connectivity index (χ1) is 11.7. The molecular weight excluding hydrogens is 307 g/mol. The van der Waals surface area contributed by atoms with E-state index in [0.29, 0.717) is 29.8 Å². The van der Waals surface area contributed by atoms with E-state index < -0.39 is 0 Å². The fourth-order valence-corrected chi connectivity index (χ4v) is 2.58. The Labute approximate surface area is 139 Å². The van der Waals surface area contributed by atoms with E-state index in [4.69, 9.17) is 4.74 Å². The van der Waals surface area contributed by atoms with Gasteiger partial charge in [-0.15, -0.1) is 0 Å². The molecule has 122 valence electrons. The number of nitrogens with zero attached hydrogens (tertiary/aromatic N) is 2. The zero-order valence-electron chi connectivity index (χ0n) is 13.3. The average Bonchev–Trinajstić information content (AvgIpc) is 2.99. The SMILES string of the molecule is COc1ccc(Cn2ncc(C=O)c2Cc2ccccc2F)cc1. The van der Waals surface area contributed by atoms with Gasteiger partial charge in [0, 0.05) is 6.42 Å². The molecule has 0 atom stereocenters. The fourth-order valence-electron chi connectivity index (χ4n) is 2.58. The van der Waals surface area contributed by atoms with Crippen LogP contribution in [0.1, 0.15) is 27.2 Å². The molecule has 0 fully saturated rings. The molecule has 0 saturated carbocycles. The van der Waals surface area contributed by atoms with Gasteiger partial charge in [-0.05, 0) is 29.3 Å². The van der Waals surface area contributed by atoms with Crippen LogP contribution >= 0.6 is 0 Å². The van der Waals surface area contributed by atoms with Crippen LogP contribution in [-0.4, -0.2) is 23.2 Å². The highest BCUT2D eigenvalue weighted by atomic mass is 19.1. The molecule has 4 nitrogen and oxygen atoms in total. The van der Waals surface area contributed by atoms with Crippen molar-refractivity contribution >= 4 is 6.29 Å². The maximum Gasteiger partial charge on any atom is 0.153 e.